The molecule has 21 heavy (non-hydrogen) atoms. The second-order valence-electron chi connectivity index (χ2n) is 5.83. The van der Waals surface area contributed by atoms with E-state index in [4.69, 9.17) is 0 Å². The third-order valence-electron chi connectivity index (χ3n) is 3.00. The van der Waals surface area contributed by atoms with Crippen LogP contribution in [0.5, 0.6) is 0 Å². The third kappa shape index (κ3) is 3.36. The smallest absolute Gasteiger partial charge is 0.306 e. The summed E-state index contributed by atoms with van der Waals surface area (Å²) < 4.78 is 27.5. The van der Waals surface area contributed by atoms with Crippen molar-refractivity contribution < 1.29 is 8.42 Å². The van der Waals surface area contributed by atoms with Crippen LogP contribution in [0.25, 0.3) is 0 Å². The van der Waals surface area contributed by atoms with Crippen LogP contribution in [-0.2, 0) is 15.4 Å². The normalized spacial score (nSPS) is 12.4. The second-order valence-corrected chi connectivity index (χ2v) is 8.69. The number of aromatic amines is 1. The highest BCUT2D eigenvalue weighted by Gasteiger charge is 2.24. The standard InChI is InChI=1S/C14H18N2O3S2/c1-9-12(20-13(17)15-9)21(18,19)16-11-8-6-5-7-10(11)14(2,3)4/h5-8,16H,1-4H3,(H,15,17). The lowest BCUT2D eigenvalue weighted by atomic mass is 9.86. The molecule has 2 rings (SSSR count). The predicted octanol–water partition coefficient (Wildman–Crippen LogP) is 2.84. The third-order valence-corrected chi connectivity index (χ3v) is 5.97. The van der Waals surface area contributed by atoms with Gasteiger partial charge in [-0.15, -0.1) is 0 Å². The Hall–Kier alpha value is -1.60. The van der Waals surface area contributed by atoms with E-state index in [1.54, 1.807) is 19.1 Å². The summed E-state index contributed by atoms with van der Waals surface area (Å²) in [4.78, 5) is 13.4. The number of aryl methyl sites for hydroxylation is 1. The maximum absolute atomic E-state index is 12.5. The maximum Gasteiger partial charge on any atom is 0.306 e. The van der Waals surface area contributed by atoms with Gasteiger partial charge in [-0.2, -0.15) is 0 Å². The lowest BCUT2D eigenvalue weighted by Gasteiger charge is -2.23. The van der Waals surface area contributed by atoms with Gasteiger partial charge >= 0.3 is 4.87 Å². The summed E-state index contributed by atoms with van der Waals surface area (Å²) in [5.74, 6) is 0. The molecule has 0 unspecified atom stereocenters. The number of rotatable bonds is 3. The Kier molecular flexibility index (Phi) is 3.99. The number of anilines is 1. The molecule has 0 bridgehead atoms. The Morgan fingerprint density at radius 2 is 1.81 bits per heavy atom. The van der Waals surface area contributed by atoms with Gasteiger partial charge in [0.15, 0.2) is 4.21 Å². The predicted molar refractivity (Wildman–Crippen MR) is 85.6 cm³/mol. The van der Waals surface area contributed by atoms with Crippen LogP contribution in [0.1, 0.15) is 32.0 Å². The van der Waals surface area contributed by atoms with Gasteiger partial charge in [-0.1, -0.05) is 50.3 Å². The molecule has 0 aliphatic rings. The highest BCUT2D eigenvalue weighted by molar-refractivity contribution is 7.94. The van der Waals surface area contributed by atoms with E-state index in [1.807, 2.05) is 32.9 Å². The Morgan fingerprint density at radius 1 is 1.19 bits per heavy atom. The zero-order valence-corrected chi connectivity index (χ0v) is 14.0. The molecule has 0 saturated heterocycles. The molecular weight excluding hydrogens is 308 g/mol. The van der Waals surface area contributed by atoms with Crippen LogP contribution in [0.4, 0.5) is 5.69 Å². The average molecular weight is 326 g/mol. The summed E-state index contributed by atoms with van der Waals surface area (Å²) >= 11 is 0.692. The second kappa shape index (κ2) is 5.31. The number of aromatic nitrogens is 1. The van der Waals surface area contributed by atoms with E-state index in [2.05, 4.69) is 9.71 Å². The number of nitrogens with one attached hydrogen (secondary N) is 2. The average Bonchev–Trinajstić information content (AvgIpc) is 2.68. The van der Waals surface area contributed by atoms with E-state index in [1.165, 1.54) is 0 Å². The molecule has 0 spiro atoms. The molecule has 114 valence electrons. The molecule has 5 nitrogen and oxygen atoms in total. The summed E-state index contributed by atoms with van der Waals surface area (Å²) in [6.07, 6.45) is 0. The molecule has 2 aromatic rings. The minimum absolute atomic E-state index is 0.0243. The van der Waals surface area contributed by atoms with E-state index in [0.29, 0.717) is 22.7 Å². The SMILES string of the molecule is Cc1[nH]c(=O)sc1S(=O)(=O)Nc1ccccc1C(C)(C)C. The molecular formula is C14H18N2O3S2. The first-order valence-corrected chi connectivity index (χ1v) is 8.73. The number of sulfonamides is 1. The molecule has 1 heterocycles. The summed E-state index contributed by atoms with van der Waals surface area (Å²) in [5, 5.41) is 0. The molecule has 0 fully saturated rings. The van der Waals surface area contributed by atoms with Crippen LogP contribution >= 0.6 is 11.3 Å². The first-order valence-electron chi connectivity index (χ1n) is 6.43. The highest BCUT2D eigenvalue weighted by Crippen LogP contribution is 2.31. The summed E-state index contributed by atoms with van der Waals surface area (Å²) in [7, 11) is -3.77. The Morgan fingerprint density at radius 3 is 2.33 bits per heavy atom. The Bertz CT molecular complexity index is 811. The van der Waals surface area contributed by atoms with Gasteiger partial charge in [0.2, 0.25) is 0 Å². The van der Waals surface area contributed by atoms with Gasteiger partial charge in [-0.3, -0.25) is 9.52 Å². The lowest BCUT2D eigenvalue weighted by molar-refractivity contribution is 0.590. The first kappa shape index (κ1) is 15.8. The van der Waals surface area contributed by atoms with Crippen LogP contribution in [-0.4, -0.2) is 13.4 Å². The van der Waals surface area contributed by atoms with E-state index in [-0.39, 0.29) is 14.5 Å². The van der Waals surface area contributed by atoms with Crippen molar-refractivity contribution in [3.05, 3.63) is 45.2 Å². The van der Waals surface area contributed by atoms with E-state index in [9.17, 15) is 13.2 Å². The number of benzene rings is 1. The van der Waals surface area contributed by atoms with Crippen LogP contribution in [0.2, 0.25) is 0 Å². The van der Waals surface area contributed by atoms with Crippen molar-refractivity contribution in [1.29, 1.82) is 0 Å². The molecule has 2 N–H and O–H groups in total. The van der Waals surface area contributed by atoms with Crippen molar-refractivity contribution in [3.63, 3.8) is 0 Å². The molecule has 0 aliphatic heterocycles. The van der Waals surface area contributed by atoms with Crippen molar-refractivity contribution in [2.24, 2.45) is 0 Å². The van der Waals surface area contributed by atoms with E-state index < -0.39 is 10.0 Å². The maximum atomic E-state index is 12.5. The number of hydrogen-bond donors (Lipinski definition) is 2. The van der Waals surface area contributed by atoms with Crippen LogP contribution in [0.15, 0.2) is 33.3 Å². The van der Waals surface area contributed by atoms with Gasteiger partial charge in [0, 0.05) is 5.69 Å². The molecule has 0 amide bonds. The van der Waals surface area contributed by atoms with E-state index >= 15 is 0 Å². The Balaban J connectivity index is 2.48. The summed E-state index contributed by atoms with van der Waals surface area (Å²) in [5.41, 5.74) is 1.59. The fourth-order valence-electron chi connectivity index (χ4n) is 2.06. The molecule has 7 heteroatoms. The molecule has 0 aliphatic carbocycles. The van der Waals surface area contributed by atoms with Crippen LogP contribution in [0.3, 0.4) is 0 Å². The molecule has 0 radical (unpaired) electrons. The number of para-hydroxylation sites is 1. The largest absolute Gasteiger partial charge is 0.315 e. The molecule has 0 atom stereocenters. The first-order chi connectivity index (χ1) is 9.61. The van der Waals surface area contributed by atoms with Crippen LogP contribution < -0.4 is 9.60 Å². The fraction of sp³-hybridized carbons (Fsp3) is 0.357. The Labute approximate surface area is 128 Å². The van der Waals surface area contributed by atoms with Crippen molar-refractivity contribution in [3.8, 4) is 0 Å². The minimum atomic E-state index is -3.77. The van der Waals surface area contributed by atoms with E-state index in [0.717, 1.165) is 5.56 Å². The van der Waals surface area contributed by atoms with Crippen molar-refractivity contribution in [2.45, 2.75) is 37.3 Å². The molecule has 1 aromatic heterocycles. The number of H-pyrrole nitrogens is 1. The fourth-order valence-corrected chi connectivity index (χ4v) is 4.45. The zero-order valence-electron chi connectivity index (χ0n) is 12.4. The van der Waals surface area contributed by atoms with Gasteiger partial charge in [-0.25, -0.2) is 8.42 Å². The highest BCUT2D eigenvalue weighted by atomic mass is 32.2. The minimum Gasteiger partial charge on any atom is -0.315 e. The zero-order chi connectivity index (χ0) is 15.8. The van der Waals surface area contributed by atoms with Gasteiger partial charge in [0.1, 0.15) is 0 Å². The molecule has 1 aromatic carbocycles. The van der Waals surface area contributed by atoms with Gasteiger partial charge < -0.3 is 4.98 Å². The van der Waals surface area contributed by atoms with Gasteiger partial charge in [-0.05, 0) is 24.0 Å². The van der Waals surface area contributed by atoms with Crippen molar-refractivity contribution >= 4 is 27.0 Å². The quantitative estimate of drug-likeness (QED) is 0.910. The topological polar surface area (TPSA) is 79.0 Å². The monoisotopic (exact) mass is 326 g/mol. The number of thiazole rings is 1. The van der Waals surface area contributed by atoms with Crippen LogP contribution in [0, 0.1) is 6.92 Å². The van der Waals surface area contributed by atoms with Gasteiger partial charge in [0.25, 0.3) is 10.0 Å². The van der Waals surface area contributed by atoms with Crippen molar-refractivity contribution in [1.82, 2.24) is 4.98 Å². The number of hydrogen-bond acceptors (Lipinski definition) is 4. The molecule has 0 saturated carbocycles. The lowest BCUT2D eigenvalue weighted by Crippen LogP contribution is -2.19. The summed E-state index contributed by atoms with van der Waals surface area (Å²) in [6, 6.07) is 7.27. The van der Waals surface area contributed by atoms with Crippen molar-refractivity contribution in [2.75, 3.05) is 4.72 Å². The summed E-state index contributed by atoms with van der Waals surface area (Å²) in [6.45, 7) is 7.61. The van der Waals surface area contributed by atoms with Gasteiger partial charge in [0.05, 0.1) is 5.69 Å².